The van der Waals surface area contributed by atoms with Gasteiger partial charge in [-0.25, -0.2) is 4.39 Å². The van der Waals surface area contributed by atoms with E-state index in [-0.39, 0.29) is 17.6 Å². The molecule has 3 nitrogen and oxygen atoms in total. The molecule has 14 heavy (non-hydrogen) atoms. The van der Waals surface area contributed by atoms with Crippen LogP contribution in [0.2, 0.25) is 0 Å². The Morgan fingerprint density at radius 1 is 1.43 bits per heavy atom. The van der Waals surface area contributed by atoms with Crippen LogP contribution in [0.1, 0.15) is 38.8 Å². The van der Waals surface area contributed by atoms with E-state index in [4.69, 9.17) is 5.73 Å². The summed E-state index contributed by atoms with van der Waals surface area (Å²) < 4.78 is 14.9. The Morgan fingerprint density at radius 2 is 2.00 bits per heavy atom. The first-order chi connectivity index (χ1) is 6.43. The van der Waals surface area contributed by atoms with Crippen molar-refractivity contribution < 1.29 is 4.39 Å². The molecule has 0 aliphatic heterocycles. The lowest BCUT2D eigenvalue weighted by Crippen LogP contribution is -2.02. The van der Waals surface area contributed by atoms with Crippen LogP contribution in [0.3, 0.4) is 0 Å². The van der Waals surface area contributed by atoms with Crippen molar-refractivity contribution in [3.63, 3.8) is 0 Å². The molecule has 1 aromatic rings. The van der Waals surface area contributed by atoms with Gasteiger partial charge in [0.05, 0.1) is 0 Å². The summed E-state index contributed by atoms with van der Waals surface area (Å²) in [5.41, 5.74) is 5.98. The fraction of sp³-hybridized carbons (Fsp3) is 0.700. The number of rotatable bonds is 3. The van der Waals surface area contributed by atoms with Gasteiger partial charge in [-0.05, 0) is 12.3 Å². The Balaban J connectivity index is 2.90. The Hall–Kier alpha value is -1.06. The fourth-order valence-corrected chi connectivity index (χ4v) is 1.67. The van der Waals surface area contributed by atoms with E-state index in [2.05, 4.69) is 18.9 Å². The number of aromatic nitrogens is 2. The van der Waals surface area contributed by atoms with Crippen molar-refractivity contribution in [1.29, 1.82) is 0 Å². The highest BCUT2D eigenvalue weighted by molar-refractivity contribution is 5.34. The van der Waals surface area contributed by atoms with Gasteiger partial charge in [0.1, 0.15) is 5.69 Å². The molecule has 1 rings (SSSR count). The van der Waals surface area contributed by atoms with Crippen molar-refractivity contribution in [1.82, 2.24) is 9.78 Å². The summed E-state index contributed by atoms with van der Waals surface area (Å²) in [5, 5.41) is 4.08. The number of halogens is 1. The van der Waals surface area contributed by atoms with Crippen LogP contribution in [-0.2, 0) is 7.05 Å². The van der Waals surface area contributed by atoms with Crippen LogP contribution < -0.4 is 5.73 Å². The maximum absolute atomic E-state index is 13.5. The number of nitrogens with two attached hydrogens (primary N) is 1. The lowest BCUT2D eigenvalue weighted by atomic mass is 9.96. The Morgan fingerprint density at radius 3 is 2.36 bits per heavy atom. The molecule has 0 amide bonds. The third-order valence-corrected chi connectivity index (χ3v) is 2.35. The van der Waals surface area contributed by atoms with E-state index in [1.165, 1.54) is 4.68 Å². The molecular weight excluding hydrogens is 181 g/mol. The molecule has 0 aromatic carbocycles. The average molecular weight is 199 g/mol. The number of hydrogen-bond acceptors (Lipinski definition) is 2. The van der Waals surface area contributed by atoms with Gasteiger partial charge in [0, 0.05) is 13.0 Å². The monoisotopic (exact) mass is 199 g/mol. The number of nitrogen functional groups attached to an aromatic ring is 1. The van der Waals surface area contributed by atoms with E-state index in [0.717, 1.165) is 6.42 Å². The van der Waals surface area contributed by atoms with E-state index in [0.29, 0.717) is 11.6 Å². The van der Waals surface area contributed by atoms with Crippen LogP contribution in [-0.4, -0.2) is 9.78 Å². The molecule has 0 spiro atoms. The van der Waals surface area contributed by atoms with Crippen molar-refractivity contribution in [2.45, 2.75) is 33.1 Å². The third-order valence-electron chi connectivity index (χ3n) is 2.35. The zero-order valence-electron chi connectivity index (χ0n) is 9.21. The standard InChI is InChI=1S/C10H18FN3/c1-6(2)5-7(3)9-8(11)10(12)14(4)13-9/h6-7H,5,12H2,1-4H3. The molecule has 0 saturated carbocycles. The SMILES string of the molecule is CC(C)CC(C)c1nn(C)c(N)c1F. The number of anilines is 1. The van der Waals surface area contributed by atoms with Gasteiger partial charge in [-0.2, -0.15) is 5.10 Å². The second-order valence-electron chi connectivity index (χ2n) is 4.24. The smallest absolute Gasteiger partial charge is 0.188 e. The molecule has 0 aliphatic carbocycles. The molecule has 4 heteroatoms. The maximum Gasteiger partial charge on any atom is 0.188 e. The van der Waals surface area contributed by atoms with Gasteiger partial charge in [0.25, 0.3) is 0 Å². The molecule has 0 fully saturated rings. The lowest BCUT2D eigenvalue weighted by molar-refractivity contribution is 0.493. The largest absolute Gasteiger partial charge is 0.381 e. The highest BCUT2D eigenvalue weighted by atomic mass is 19.1. The first kappa shape index (κ1) is 11.0. The molecule has 1 heterocycles. The summed E-state index contributed by atoms with van der Waals surface area (Å²) in [6.07, 6.45) is 0.924. The molecule has 2 N–H and O–H groups in total. The predicted molar refractivity (Wildman–Crippen MR) is 55.4 cm³/mol. The average Bonchev–Trinajstić information content (AvgIpc) is 2.32. The summed E-state index contributed by atoms with van der Waals surface area (Å²) in [4.78, 5) is 0. The summed E-state index contributed by atoms with van der Waals surface area (Å²) in [6, 6.07) is 0. The van der Waals surface area contributed by atoms with Gasteiger partial charge in [-0.15, -0.1) is 0 Å². The van der Waals surface area contributed by atoms with Crippen molar-refractivity contribution in [2.75, 3.05) is 5.73 Å². The van der Waals surface area contributed by atoms with E-state index in [9.17, 15) is 4.39 Å². The van der Waals surface area contributed by atoms with E-state index < -0.39 is 0 Å². The second-order valence-corrected chi connectivity index (χ2v) is 4.24. The zero-order chi connectivity index (χ0) is 10.9. The Bertz CT molecular complexity index is 317. The van der Waals surface area contributed by atoms with Gasteiger partial charge in [0.15, 0.2) is 11.6 Å². The van der Waals surface area contributed by atoms with Crippen LogP contribution in [0, 0.1) is 11.7 Å². The lowest BCUT2D eigenvalue weighted by Gasteiger charge is -2.10. The van der Waals surface area contributed by atoms with Crippen molar-refractivity contribution in [3.8, 4) is 0 Å². The minimum atomic E-state index is -0.361. The van der Waals surface area contributed by atoms with Gasteiger partial charge >= 0.3 is 0 Å². The van der Waals surface area contributed by atoms with Crippen LogP contribution in [0.15, 0.2) is 0 Å². The van der Waals surface area contributed by atoms with E-state index >= 15 is 0 Å². The minimum Gasteiger partial charge on any atom is -0.381 e. The summed E-state index contributed by atoms with van der Waals surface area (Å²) in [5.74, 6) is 0.419. The molecule has 1 unspecified atom stereocenters. The second kappa shape index (κ2) is 3.98. The third kappa shape index (κ3) is 2.05. The van der Waals surface area contributed by atoms with Gasteiger partial charge in [-0.1, -0.05) is 20.8 Å². The zero-order valence-corrected chi connectivity index (χ0v) is 9.21. The number of nitrogens with zero attached hydrogens (tertiary/aromatic N) is 2. The van der Waals surface area contributed by atoms with Crippen molar-refractivity contribution in [3.05, 3.63) is 11.5 Å². The molecule has 0 radical (unpaired) electrons. The number of hydrogen-bond donors (Lipinski definition) is 1. The molecular formula is C10H18FN3. The normalized spacial score (nSPS) is 13.6. The van der Waals surface area contributed by atoms with Crippen molar-refractivity contribution >= 4 is 5.82 Å². The first-order valence-corrected chi connectivity index (χ1v) is 4.91. The maximum atomic E-state index is 13.5. The van der Waals surface area contributed by atoms with Crippen LogP contribution >= 0.6 is 0 Å². The van der Waals surface area contributed by atoms with Crippen LogP contribution in [0.4, 0.5) is 10.2 Å². The highest BCUT2D eigenvalue weighted by Crippen LogP contribution is 2.26. The molecule has 1 aromatic heterocycles. The molecule has 80 valence electrons. The van der Waals surface area contributed by atoms with Crippen LogP contribution in [0.25, 0.3) is 0 Å². The summed E-state index contributed by atoms with van der Waals surface area (Å²) in [6.45, 7) is 6.20. The molecule has 0 saturated heterocycles. The minimum absolute atomic E-state index is 0.121. The molecule has 0 bridgehead atoms. The van der Waals surface area contributed by atoms with Crippen molar-refractivity contribution in [2.24, 2.45) is 13.0 Å². The van der Waals surface area contributed by atoms with E-state index in [1.807, 2.05) is 6.92 Å². The predicted octanol–water partition coefficient (Wildman–Crippen LogP) is 2.29. The first-order valence-electron chi connectivity index (χ1n) is 4.91. The van der Waals surface area contributed by atoms with Crippen LogP contribution in [0.5, 0.6) is 0 Å². The Labute approximate surface area is 84.1 Å². The summed E-state index contributed by atoms with van der Waals surface area (Å²) in [7, 11) is 1.66. The summed E-state index contributed by atoms with van der Waals surface area (Å²) >= 11 is 0. The van der Waals surface area contributed by atoms with Gasteiger partial charge < -0.3 is 5.73 Å². The topological polar surface area (TPSA) is 43.8 Å². The molecule has 0 aliphatic rings. The Kier molecular flexibility index (Phi) is 3.13. The fourth-order valence-electron chi connectivity index (χ4n) is 1.67. The molecule has 1 atom stereocenters. The van der Waals surface area contributed by atoms with Gasteiger partial charge in [-0.3, -0.25) is 4.68 Å². The van der Waals surface area contributed by atoms with Gasteiger partial charge in [0.2, 0.25) is 0 Å². The quantitative estimate of drug-likeness (QED) is 0.811. The highest BCUT2D eigenvalue weighted by Gasteiger charge is 2.19. The number of aryl methyl sites for hydroxylation is 1. The van der Waals surface area contributed by atoms with E-state index in [1.54, 1.807) is 7.05 Å².